The Morgan fingerprint density at radius 1 is 1.18 bits per heavy atom. The molecule has 4 rings (SSSR count). The van der Waals surface area contributed by atoms with Gasteiger partial charge in [0.1, 0.15) is 5.75 Å². The number of ether oxygens (including phenoxy) is 1. The number of hydrogen-bond donors (Lipinski definition) is 2. The largest absolute Gasteiger partial charge is 0.483 e. The maximum absolute atomic E-state index is 13.1. The molecule has 172 valence electrons. The van der Waals surface area contributed by atoms with E-state index in [0.717, 1.165) is 21.8 Å². The lowest BCUT2D eigenvalue weighted by atomic mass is 10.1. The second-order valence-corrected chi connectivity index (χ2v) is 9.80. The Bertz CT molecular complexity index is 1310. The smallest absolute Gasteiger partial charge is 0.271 e. The fourth-order valence-electron chi connectivity index (χ4n) is 3.27. The average molecular weight is 557 g/mol. The van der Waals surface area contributed by atoms with Crippen LogP contribution in [0.4, 0.5) is 11.4 Å². The third kappa shape index (κ3) is 5.70. The van der Waals surface area contributed by atoms with Crippen LogP contribution in [0, 0.1) is 12.3 Å². The minimum Gasteiger partial charge on any atom is -0.483 e. The van der Waals surface area contributed by atoms with Crippen LogP contribution in [0.5, 0.6) is 5.75 Å². The van der Waals surface area contributed by atoms with Crippen molar-refractivity contribution in [1.82, 2.24) is 0 Å². The van der Waals surface area contributed by atoms with Crippen LogP contribution in [-0.4, -0.2) is 23.6 Å². The van der Waals surface area contributed by atoms with Crippen LogP contribution in [0.3, 0.4) is 0 Å². The predicted molar refractivity (Wildman–Crippen MR) is 142 cm³/mol. The molecular formula is C25H19BrClN3O3S. The fraction of sp³-hybridized carbons (Fsp3) is 0.0800. The van der Waals surface area contributed by atoms with Crippen LogP contribution in [0.25, 0.3) is 6.08 Å². The SMILES string of the molecule is Cc1cccc(N2C(=N)S/C(=C\c3cc(Br)ccc3OCC(=O)Nc3ccc(Cl)cc3)C2=O)c1. The van der Waals surface area contributed by atoms with Gasteiger partial charge in [0, 0.05) is 20.7 Å². The molecule has 2 amide bonds. The molecule has 6 nitrogen and oxygen atoms in total. The molecule has 0 aromatic heterocycles. The Morgan fingerprint density at radius 2 is 1.94 bits per heavy atom. The number of anilines is 2. The van der Waals surface area contributed by atoms with Crippen LogP contribution in [0.15, 0.2) is 76.1 Å². The highest BCUT2D eigenvalue weighted by molar-refractivity contribution is 9.10. The summed E-state index contributed by atoms with van der Waals surface area (Å²) in [6, 6.07) is 19.5. The lowest BCUT2D eigenvalue weighted by molar-refractivity contribution is -0.118. The molecule has 0 spiro atoms. The Balaban J connectivity index is 1.51. The van der Waals surface area contributed by atoms with Crippen molar-refractivity contribution in [1.29, 1.82) is 5.41 Å². The van der Waals surface area contributed by atoms with Gasteiger partial charge in [0.2, 0.25) is 0 Å². The summed E-state index contributed by atoms with van der Waals surface area (Å²) in [5.74, 6) is -0.175. The molecular weight excluding hydrogens is 538 g/mol. The van der Waals surface area contributed by atoms with Gasteiger partial charge in [0.05, 0.1) is 10.6 Å². The first-order valence-electron chi connectivity index (χ1n) is 10.2. The molecule has 1 aliphatic rings. The van der Waals surface area contributed by atoms with Crippen molar-refractivity contribution in [2.24, 2.45) is 0 Å². The number of rotatable bonds is 6. The van der Waals surface area contributed by atoms with Gasteiger partial charge in [-0.1, -0.05) is 39.7 Å². The minimum atomic E-state index is -0.331. The molecule has 3 aromatic carbocycles. The van der Waals surface area contributed by atoms with Gasteiger partial charge < -0.3 is 10.1 Å². The quantitative estimate of drug-likeness (QED) is 0.340. The summed E-state index contributed by atoms with van der Waals surface area (Å²) in [4.78, 5) is 27.2. The van der Waals surface area contributed by atoms with E-state index in [0.29, 0.717) is 32.6 Å². The molecule has 0 unspecified atom stereocenters. The lowest BCUT2D eigenvalue weighted by Gasteiger charge is -2.14. The first-order valence-corrected chi connectivity index (χ1v) is 12.2. The van der Waals surface area contributed by atoms with Gasteiger partial charge in [-0.05, 0) is 84.9 Å². The predicted octanol–water partition coefficient (Wildman–Crippen LogP) is 6.48. The van der Waals surface area contributed by atoms with E-state index in [1.165, 1.54) is 4.90 Å². The van der Waals surface area contributed by atoms with Gasteiger partial charge >= 0.3 is 0 Å². The standard InChI is InChI=1S/C25H19BrClN3O3S/c1-15-3-2-4-20(11-15)30-24(32)22(34-25(30)28)13-16-12-17(26)5-10-21(16)33-14-23(31)29-19-8-6-18(27)7-9-19/h2-13,28H,14H2,1H3,(H,29,31)/b22-13-,28-25?. The van der Waals surface area contributed by atoms with Crippen molar-refractivity contribution >= 4 is 73.7 Å². The van der Waals surface area contributed by atoms with E-state index < -0.39 is 0 Å². The Morgan fingerprint density at radius 3 is 2.68 bits per heavy atom. The maximum atomic E-state index is 13.1. The second-order valence-electron chi connectivity index (χ2n) is 7.42. The number of amidine groups is 1. The number of nitrogens with zero attached hydrogens (tertiary/aromatic N) is 1. The molecule has 3 aromatic rings. The van der Waals surface area contributed by atoms with Gasteiger partial charge in [-0.3, -0.25) is 19.9 Å². The number of amides is 2. The Labute approximate surface area is 214 Å². The molecule has 0 radical (unpaired) electrons. The molecule has 9 heteroatoms. The number of carbonyl (C=O) groups is 2. The normalized spacial score (nSPS) is 14.6. The van der Waals surface area contributed by atoms with E-state index >= 15 is 0 Å². The number of carbonyl (C=O) groups excluding carboxylic acids is 2. The highest BCUT2D eigenvalue weighted by atomic mass is 79.9. The van der Waals surface area contributed by atoms with Crippen LogP contribution in [0.2, 0.25) is 5.02 Å². The Hall–Kier alpha value is -3.07. The molecule has 2 N–H and O–H groups in total. The number of benzene rings is 3. The summed E-state index contributed by atoms with van der Waals surface area (Å²) < 4.78 is 6.55. The average Bonchev–Trinajstić information content (AvgIpc) is 3.07. The summed E-state index contributed by atoms with van der Waals surface area (Å²) in [6.45, 7) is 1.72. The second kappa shape index (κ2) is 10.5. The van der Waals surface area contributed by atoms with Gasteiger partial charge in [-0.2, -0.15) is 0 Å². The summed E-state index contributed by atoms with van der Waals surface area (Å²) >= 11 is 10.4. The zero-order chi connectivity index (χ0) is 24.2. The first-order chi connectivity index (χ1) is 16.3. The van der Waals surface area contributed by atoms with Gasteiger partial charge in [-0.15, -0.1) is 0 Å². The zero-order valence-corrected chi connectivity index (χ0v) is 21.1. The van der Waals surface area contributed by atoms with E-state index in [2.05, 4.69) is 21.2 Å². The number of hydrogen-bond acceptors (Lipinski definition) is 5. The van der Waals surface area contributed by atoms with Crippen LogP contribution in [-0.2, 0) is 9.59 Å². The fourth-order valence-corrected chi connectivity index (χ4v) is 4.62. The summed E-state index contributed by atoms with van der Waals surface area (Å²) in [6.07, 6.45) is 1.68. The van der Waals surface area contributed by atoms with E-state index in [-0.39, 0.29) is 23.6 Å². The number of halogens is 2. The first kappa shape index (κ1) is 24.1. The van der Waals surface area contributed by atoms with Crippen molar-refractivity contribution in [3.05, 3.63) is 92.3 Å². The monoisotopic (exact) mass is 555 g/mol. The van der Waals surface area contributed by atoms with Crippen molar-refractivity contribution in [2.45, 2.75) is 6.92 Å². The molecule has 1 aliphatic heterocycles. The Kier molecular flexibility index (Phi) is 7.41. The van der Waals surface area contributed by atoms with Crippen LogP contribution < -0.4 is 15.0 Å². The number of thioether (sulfide) groups is 1. The van der Waals surface area contributed by atoms with E-state index in [1.54, 1.807) is 54.6 Å². The summed E-state index contributed by atoms with van der Waals surface area (Å²) in [7, 11) is 0. The van der Waals surface area contributed by atoms with E-state index in [1.807, 2.05) is 25.1 Å². The molecule has 1 heterocycles. The number of nitrogens with one attached hydrogen (secondary N) is 2. The maximum Gasteiger partial charge on any atom is 0.271 e. The van der Waals surface area contributed by atoms with Crippen LogP contribution in [0.1, 0.15) is 11.1 Å². The van der Waals surface area contributed by atoms with Crippen LogP contribution >= 0.6 is 39.3 Å². The summed E-state index contributed by atoms with van der Waals surface area (Å²) in [5, 5.41) is 11.8. The lowest BCUT2D eigenvalue weighted by Crippen LogP contribution is -2.28. The van der Waals surface area contributed by atoms with Gasteiger partial charge in [0.25, 0.3) is 11.8 Å². The van der Waals surface area contributed by atoms with Gasteiger partial charge in [-0.25, -0.2) is 0 Å². The highest BCUT2D eigenvalue weighted by Gasteiger charge is 2.33. The number of aryl methyl sites for hydroxylation is 1. The van der Waals surface area contributed by atoms with Crippen molar-refractivity contribution in [3.63, 3.8) is 0 Å². The van der Waals surface area contributed by atoms with E-state index in [4.69, 9.17) is 21.7 Å². The summed E-state index contributed by atoms with van der Waals surface area (Å²) in [5.41, 5.74) is 2.87. The molecule has 0 saturated carbocycles. The molecule has 1 saturated heterocycles. The van der Waals surface area contributed by atoms with Crippen molar-refractivity contribution < 1.29 is 14.3 Å². The van der Waals surface area contributed by atoms with Gasteiger partial charge in [0.15, 0.2) is 11.8 Å². The molecule has 34 heavy (non-hydrogen) atoms. The molecule has 0 aliphatic carbocycles. The van der Waals surface area contributed by atoms with E-state index in [9.17, 15) is 9.59 Å². The highest BCUT2D eigenvalue weighted by Crippen LogP contribution is 2.37. The zero-order valence-electron chi connectivity index (χ0n) is 18.0. The van der Waals surface area contributed by atoms with Crippen molar-refractivity contribution in [3.8, 4) is 5.75 Å². The topological polar surface area (TPSA) is 82.5 Å². The third-order valence-electron chi connectivity index (χ3n) is 4.83. The van der Waals surface area contributed by atoms with Crippen molar-refractivity contribution in [2.75, 3.05) is 16.8 Å². The minimum absolute atomic E-state index is 0.127. The molecule has 1 fully saturated rings. The molecule has 0 bridgehead atoms. The molecule has 0 atom stereocenters. The third-order valence-corrected chi connectivity index (χ3v) is 6.46.